The molecule has 132 valence electrons. The van der Waals surface area contributed by atoms with Gasteiger partial charge in [0.1, 0.15) is 12.0 Å². The van der Waals surface area contributed by atoms with Gasteiger partial charge >= 0.3 is 5.97 Å². The molecule has 25 heavy (non-hydrogen) atoms. The molecule has 2 atom stereocenters. The van der Waals surface area contributed by atoms with Crippen LogP contribution in [0.5, 0.6) is 0 Å². The molecule has 2 aromatic rings. The van der Waals surface area contributed by atoms with E-state index in [1.165, 1.54) is 6.07 Å². The summed E-state index contributed by atoms with van der Waals surface area (Å²) in [5.41, 5.74) is 1.86. The summed E-state index contributed by atoms with van der Waals surface area (Å²) in [4.78, 5) is 15.1. The van der Waals surface area contributed by atoms with E-state index >= 15 is 4.39 Å². The van der Waals surface area contributed by atoms with Crippen LogP contribution >= 0.6 is 0 Å². The van der Waals surface area contributed by atoms with Crippen molar-refractivity contribution in [2.75, 3.05) is 0 Å². The lowest BCUT2D eigenvalue weighted by molar-refractivity contribution is -0.143. The lowest BCUT2D eigenvalue weighted by Gasteiger charge is -2.29. The molecule has 4 rings (SSSR count). The Labute approximate surface area is 144 Å². The van der Waals surface area contributed by atoms with Crippen molar-refractivity contribution in [3.63, 3.8) is 0 Å². The molecule has 1 saturated carbocycles. The van der Waals surface area contributed by atoms with E-state index in [1.807, 2.05) is 0 Å². The van der Waals surface area contributed by atoms with Crippen LogP contribution in [0.4, 0.5) is 8.78 Å². The van der Waals surface area contributed by atoms with Gasteiger partial charge in [-0.1, -0.05) is 12.1 Å². The van der Waals surface area contributed by atoms with E-state index in [0.29, 0.717) is 43.2 Å². The van der Waals surface area contributed by atoms with E-state index in [2.05, 4.69) is 4.98 Å². The van der Waals surface area contributed by atoms with E-state index < -0.39 is 18.2 Å². The van der Waals surface area contributed by atoms with Crippen molar-refractivity contribution in [3.05, 3.63) is 42.1 Å². The topological polar surface area (TPSA) is 55.1 Å². The van der Waals surface area contributed by atoms with E-state index in [-0.39, 0.29) is 17.7 Å². The van der Waals surface area contributed by atoms with Crippen molar-refractivity contribution in [1.29, 1.82) is 0 Å². The van der Waals surface area contributed by atoms with Crippen molar-refractivity contribution in [3.8, 4) is 11.3 Å². The van der Waals surface area contributed by atoms with E-state index in [1.54, 1.807) is 29.2 Å². The highest BCUT2D eigenvalue weighted by molar-refractivity contribution is 5.70. The highest BCUT2D eigenvalue weighted by atomic mass is 19.1. The minimum atomic E-state index is -1.22. The number of aromatic nitrogens is 2. The van der Waals surface area contributed by atoms with Crippen molar-refractivity contribution >= 4 is 5.97 Å². The number of alkyl halides is 1. The van der Waals surface area contributed by atoms with Crippen molar-refractivity contribution in [1.82, 2.24) is 9.55 Å². The number of carboxylic acids is 1. The molecule has 0 radical (unpaired) electrons. The number of hydrogen-bond donors (Lipinski definition) is 1. The summed E-state index contributed by atoms with van der Waals surface area (Å²) in [5, 5.41) is 9.08. The van der Waals surface area contributed by atoms with E-state index in [0.717, 1.165) is 5.69 Å². The average Bonchev–Trinajstić information content (AvgIpc) is 3.16. The molecule has 2 aliphatic rings. The molecule has 1 aliphatic carbocycles. The molecule has 0 bridgehead atoms. The van der Waals surface area contributed by atoms with Crippen LogP contribution in [-0.4, -0.2) is 26.8 Å². The van der Waals surface area contributed by atoms with Gasteiger partial charge in [-0.3, -0.25) is 4.79 Å². The van der Waals surface area contributed by atoms with Gasteiger partial charge in [-0.15, -0.1) is 0 Å². The average molecular weight is 346 g/mol. The molecule has 1 aromatic heterocycles. The molecule has 0 saturated heterocycles. The molecule has 0 spiro atoms. The maximum Gasteiger partial charge on any atom is 0.306 e. The largest absolute Gasteiger partial charge is 0.481 e. The van der Waals surface area contributed by atoms with Gasteiger partial charge in [-0.2, -0.15) is 0 Å². The summed E-state index contributed by atoms with van der Waals surface area (Å²) in [6, 6.07) is 4.12. The number of carboxylic acid groups (broad SMARTS) is 1. The van der Waals surface area contributed by atoms with Gasteiger partial charge in [0.15, 0.2) is 0 Å². The Kier molecular flexibility index (Phi) is 4.06. The first-order valence-corrected chi connectivity index (χ1v) is 8.73. The summed E-state index contributed by atoms with van der Waals surface area (Å²) < 4.78 is 31.4. The zero-order valence-electron chi connectivity index (χ0n) is 13.7. The zero-order chi connectivity index (χ0) is 17.6. The van der Waals surface area contributed by atoms with Crippen LogP contribution < -0.4 is 0 Å². The molecule has 1 aromatic carbocycles. The Balaban J connectivity index is 1.54. The fourth-order valence-corrected chi connectivity index (χ4v) is 4.38. The highest BCUT2D eigenvalue weighted by Gasteiger charge is 2.38. The molecule has 6 heteroatoms. The third kappa shape index (κ3) is 2.73. The van der Waals surface area contributed by atoms with Gasteiger partial charge in [-0.25, -0.2) is 13.8 Å². The first-order valence-electron chi connectivity index (χ1n) is 8.73. The van der Waals surface area contributed by atoms with Crippen molar-refractivity contribution < 1.29 is 18.7 Å². The maximum absolute atomic E-state index is 15.2. The number of carbonyl (C=O) groups is 1. The number of benzene rings is 1. The Bertz CT molecular complexity index is 796. The minimum absolute atomic E-state index is 0.147. The first-order chi connectivity index (χ1) is 12.1. The number of aliphatic carboxylic acids is 1. The number of imidazole rings is 1. The number of hydrogen-bond acceptors (Lipinski definition) is 2. The Morgan fingerprint density at radius 3 is 2.80 bits per heavy atom. The van der Waals surface area contributed by atoms with Crippen LogP contribution in [0, 0.1) is 17.7 Å². The fraction of sp³-hybridized carbons (Fsp3) is 0.474. The van der Waals surface area contributed by atoms with Gasteiger partial charge in [0.25, 0.3) is 0 Å². The van der Waals surface area contributed by atoms with Gasteiger partial charge in [0.2, 0.25) is 0 Å². The Hall–Kier alpha value is -2.24. The summed E-state index contributed by atoms with van der Waals surface area (Å²) in [7, 11) is 0. The third-order valence-electron chi connectivity index (χ3n) is 5.69. The van der Waals surface area contributed by atoms with Crippen LogP contribution in [0.15, 0.2) is 30.7 Å². The molecule has 1 aliphatic heterocycles. The smallest absolute Gasteiger partial charge is 0.306 e. The molecule has 1 N–H and O–H groups in total. The van der Waals surface area contributed by atoms with Gasteiger partial charge in [-0.05, 0) is 44.1 Å². The molecular weight excluding hydrogens is 326 g/mol. The Morgan fingerprint density at radius 1 is 1.32 bits per heavy atom. The zero-order valence-corrected chi connectivity index (χ0v) is 13.7. The van der Waals surface area contributed by atoms with Crippen LogP contribution in [-0.2, 0) is 4.79 Å². The van der Waals surface area contributed by atoms with Gasteiger partial charge in [0.05, 0.1) is 30.2 Å². The SMILES string of the molecule is O=C(O)C1CCC(CC(F)C2c3c(F)cccc3-c3cncn32)CC1. The predicted octanol–water partition coefficient (Wildman–Crippen LogP) is 4.21. The number of nitrogens with zero attached hydrogens (tertiary/aromatic N) is 2. The fourth-order valence-electron chi connectivity index (χ4n) is 4.38. The molecule has 0 amide bonds. The second-order valence-corrected chi connectivity index (χ2v) is 7.14. The standard InChI is InChI=1S/C19H20F2N2O2/c20-14-3-1-2-13-16-9-22-10-23(16)18(17(13)14)15(21)8-11-4-6-12(7-5-11)19(24)25/h1-3,9-12,15,18H,4-8H2,(H,24,25). The van der Waals surface area contributed by atoms with Crippen molar-refractivity contribution in [2.24, 2.45) is 11.8 Å². The van der Waals surface area contributed by atoms with Crippen LogP contribution in [0.25, 0.3) is 11.3 Å². The lowest BCUT2D eigenvalue weighted by atomic mass is 9.79. The van der Waals surface area contributed by atoms with E-state index in [4.69, 9.17) is 5.11 Å². The quantitative estimate of drug-likeness (QED) is 0.902. The van der Waals surface area contributed by atoms with Crippen LogP contribution in [0.1, 0.15) is 43.7 Å². The predicted molar refractivity (Wildman–Crippen MR) is 88.4 cm³/mol. The van der Waals surface area contributed by atoms with Gasteiger partial charge in [0, 0.05) is 11.1 Å². The normalized spacial score (nSPS) is 26.1. The minimum Gasteiger partial charge on any atom is -0.481 e. The van der Waals surface area contributed by atoms with Crippen LogP contribution in [0.3, 0.4) is 0 Å². The summed E-state index contributed by atoms with van der Waals surface area (Å²) in [6.07, 6.45) is 4.92. The van der Waals surface area contributed by atoms with E-state index in [9.17, 15) is 9.18 Å². The van der Waals surface area contributed by atoms with Crippen molar-refractivity contribution in [2.45, 2.75) is 44.3 Å². The molecule has 4 nitrogen and oxygen atoms in total. The second kappa shape index (κ2) is 6.24. The second-order valence-electron chi connectivity index (χ2n) is 7.14. The Morgan fingerprint density at radius 2 is 2.08 bits per heavy atom. The summed E-state index contributed by atoms with van der Waals surface area (Å²) >= 11 is 0. The van der Waals surface area contributed by atoms with Gasteiger partial charge < -0.3 is 9.67 Å². The number of halogens is 2. The molecular formula is C19H20F2N2O2. The van der Waals surface area contributed by atoms with Crippen LogP contribution in [0.2, 0.25) is 0 Å². The molecule has 2 heterocycles. The summed E-state index contributed by atoms with van der Waals surface area (Å²) in [5.74, 6) is -1.30. The summed E-state index contributed by atoms with van der Waals surface area (Å²) in [6.45, 7) is 0. The third-order valence-corrected chi connectivity index (χ3v) is 5.69. The molecule has 2 unspecified atom stereocenters. The maximum atomic E-state index is 15.2. The highest BCUT2D eigenvalue weighted by Crippen LogP contribution is 2.45. The number of fused-ring (bicyclic) bond motifs is 3. The molecule has 1 fully saturated rings. The lowest BCUT2D eigenvalue weighted by Crippen LogP contribution is -2.26. The monoisotopic (exact) mass is 346 g/mol. The first kappa shape index (κ1) is 16.2. The number of rotatable bonds is 4.